The highest BCUT2D eigenvalue weighted by atomic mass is 35.5. The van der Waals surface area contributed by atoms with E-state index in [9.17, 15) is 14.0 Å². The van der Waals surface area contributed by atoms with Gasteiger partial charge in [0, 0.05) is 24.5 Å². The fraction of sp³-hybridized carbons (Fsp3) is 0.273. The number of amides is 3. The zero-order valence-electron chi connectivity index (χ0n) is 17.1. The van der Waals surface area contributed by atoms with Gasteiger partial charge in [0.2, 0.25) is 0 Å². The van der Waals surface area contributed by atoms with E-state index in [-0.39, 0.29) is 19.2 Å². The number of anilines is 1. The van der Waals surface area contributed by atoms with E-state index in [0.29, 0.717) is 39.7 Å². The number of rotatable bonds is 7. The molecule has 1 atom stereocenters. The molecule has 164 valence electrons. The van der Waals surface area contributed by atoms with Crippen molar-refractivity contribution in [2.75, 3.05) is 25.1 Å². The van der Waals surface area contributed by atoms with Crippen LogP contribution < -0.4 is 15.4 Å². The number of benzene rings is 2. The molecule has 0 bridgehead atoms. The summed E-state index contributed by atoms with van der Waals surface area (Å²) in [7, 11) is 0. The third-order valence-corrected chi connectivity index (χ3v) is 5.11. The number of aliphatic hydroxyl groups is 1. The summed E-state index contributed by atoms with van der Waals surface area (Å²) < 4.78 is 18.8. The summed E-state index contributed by atoms with van der Waals surface area (Å²) in [5.41, 5.74) is 2.05. The number of halogens is 2. The number of aliphatic hydroxyl groups excluding tert-OH is 1. The Kier molecular flexibility index (Phi) is 7.14. The zero-order chi connectivity index (χ0) is 22.5. The van der Waals surface area contributed by atoms with Gasteiger partial charge in [-0.3, -0.25) is 4.79 Å². The second-order valence-electron chi connectivity index (χ2n) is 6.93. The fourth-order valence-corrected chi connectivity index (χ4v) is 3.45. The molecule has 3 amide bonds. The van der Waals surface area contributed by atoms with Crippen molar-refractivity contribution in [2.24, 2.45) is 0 Å². The van der Waals surface area contributed by atoms with E-state index in [4.69, 9.17) is 21.4 Å². The fourth-order valence-electron chi connectivity index (χ4n) is 3.18. The predicted molar refractivity (Wildman–Crippen MR) is 116 cm³/mol. The number of carbonyl (C=O) groups is 2. The summed E-state index contributed by atoms with van der Waals surface area (Å²) in [5, 5.41) is 15.0. The molecule has 0 saturated carbocycles. The summed E-state index contributed by atoms with van der Waals surface area (Å²) in [4.78, 5) is 26.9. The minimum Gasteiger partial charge on any atom is -0.490 e. The summed E-state index contributed by atoms with van der Waals surface area (Å²) in [6.07, 6.45) is 1.50. The van der Waals surface area contributed by atoms with Crippen LogP contribution in [0.5, 0.6) is 5.75 Å². The highest BCUT2D eigenvalue weighted by Crippen LogP contribution is 2.33. The first kappa shape index (κ1) is 22.6. The second kappa shape index (κ2) is 9.80. The molecule has 2 aromatic rings. The van der Waals surface area contributed by atoms with Crippen LogP contribution in [-0.2, 0) is 4.79 Å². The first-order valence-electron chi connectivity index (χ1n) is 9.73. The van der Waals surface area contributed by atoms with E-state index in [0.717, 1.165) is 0 Å². The molecule has 3 rings (SSSR count). The molecular formula is C22H23ClFN3O4. The Morgan fingerprint density at radius 1 is 1.32 bits per heavy atom. The molecule has 0 radical (unpaired) electrons. The lowest BCUT2D eigenvalue weighted by Crippen LogP contribution is -2.45. The van der Waals surface area contributed by atoms with Crippen LogP contribution in [0, 0.1) is 12.7 Å². The normalized spacial score (nSPS) is 15.9. The van der Waals surface area contributed by atoms with Crippen molar-refractivity contribution >= 4 is 29.2 Å². The standard InChI is InChI=1S/C22H23ClFN3O4/c1-3-27-12-16(20(26-22(27)30)14-4-6-15(24)7-5-14)21(29)25-18-11-19(31-9-8-28)17(23)10-13(18)2/h4-7,10-12,20,28H,3,8-9H2,1-2H3,(H,25,29)(H,26,30)/t20-/m0/s1. The maximum absolute atomic E-state index is 13.4. The first-order chi connectivity index (χ1) is 14.8. The first-order valence-corrected chi connectivity index (χ1v) is 10.1. The summed E-state index contributed by atoms with van der Waals surface area (Å²) in [6.45, 7) is 3.83. The average molecular weight is 448 g/mol. The van der Waals surface area contributed by atoms with E-state index < -0.39 is 17.8 Å². The number of nitrogens with one attached hydrogen (secondary N) is 2. The van der Waals surface area contributed by atoms with Crippen molar-refractivity contribution in [3.8, 4) is 5.75 Å². The Morgan fingerprint density at radius 2 is 2.03 bits per heavy atom. The van der Waals surface area contributed by atoms with Crippen LogP contribution in [0.3, 0.4) is 0 Å². The van der Waals surface area contributed by atoms with Crippen LogP contribution in [0.4, 0.5) is 14.9 Å². The van der Waals surface area contributed by atoms with Gasteiger partial charge in [0.25, 0.3) is 5.91 Å². The van der Waals surface area contributed by atoms with E-state index in [1.165, 1.54) is 35.4 Å². The number of hydrogen-bond acceptors (Lipinski definition) is 4. The van der Waals surface area contributed by atoms with Crippen molar-refractivity contribution < 1.29 is 23.8 Å². The third kappa shape index (κ3) is 5.15. The van der Waals surface area contributed by atoms with Gasteiger partial charge in [0.15, 0.2) is 0 Å². The lowest BCUT2D eigenvalue weighted by atomic mass is 9.97. The predicted octanol–water partition coefficient (Wildman–Crippen LogP) is 3.77. The Balaban J connectivity index is 1.93. The Bertz CT molecular complexity index is 1010. The molecule has 1 aliphatic heterocycles. The quantitative estimate of drug-likeness (QED) is 0.602. The molecule has 0 unspecified atom stereocenters. The number of aryl methyl sites for hydroxylation is 1. The van der Waals surface area contributed by atoms with Gasteiger partial charge in [-0.25, -0.2) is 9.18 Å². The largest absolute Gasteiger partial charge is 0.490 e. The SMILES string of the molecule is CCN1C=C(C(=O)Nc2cc(OCCO)c(Cl)cc2C)[C@H](c2ccc(F)cc2)NC1=O. The molecule has 1 aliphatic rings. The molecule has 2 aromatic carbocycles. The molecule has 1 heterocycles. The van der Waals surface area contributed by atoms with Gasteiger partial charge in [-0.1, -0.05) is 23.7 Å². The zero-order valence-corrected chi connectivity index (χ0v) is 17.9. The Labute approximate surface area is 184 Å². The van der Waals surface area contributed by atoms with Crippen molar-refractivity contribution in [1.29, 1.82) is 0 Å². The summed E-state index contributed by atoms with van der Waals surface area (Å²) in [5.74, 6) is -0.526. The number of urea groups is 1. The Hall–Kier alpha value is -3.10. The van der Waals surface area contributed by atoms with Crippen LogP contribution in [0.15, 0.2) is 48.2 Å². The molecule has 9 heteroatoms. The molecule has 0 spiro atoms. The maximum Gasteiger partial charge on any atom is 0.322 e. The highest BCUT2D eigenvalue weighted by Gasteiger charge is 2.31. The molecule has 7 nitrogen and oxygen atoms in total. The minimum absolute atomic E-state index is 0.0610. The van der Waals surface area contributed by atoms with Crippen LogP contribution >= 0.6 is 11.6 Å². The average Bonchev–Trinajstić information content (AvgIpc) is 2.75. The van der Waals surface area contributed by atoms with Crippen molar-refractivity contribution in [2.45, 2.75) is 19.9 Å². The van der Waals surface area contributed by atoms with E-state index in [2.05, 4.69) is 10.6 Å². The summed E-state index contributed by atoms with van der Waals surface area (Å²) in [6, 6.07) is 7.74. The van der Waals surface area contributed by atoms with Crippen molar-refractivity contribution in [3.63, 3.8) is 0 Å². The third-order valence-electron chi connectivity index (χ3n) is 4.82. The van der Waals surface area contributed by atoms with Gasteiger partial charge < -0.3 is 25.4 Å². The van der Waals surface area contributed by atoms with Crippen molar-refractivity contribution in [3.05, 3.63) is 70.1 Å². The molecular weight excluding hydrogens is 425 g/mol. The molecule has 31 heavy (non-hydrogen) atoms. The lowest BCUT2D eigenvalue weighted by Gasteiger charge is -2.31. The van der Waals surface area contributed by atoms with Gasteiger partial charge >= 0.3 is 6.03 Å². The number of hydrogen-bond donors (Lipinski definition) is 3. The van der Waals surface area contributed by atoms with Gasteiger partial charge in [-0.15, -0.1) is 0 Å². The summed E-state index contributed by atoms with van der Waals surface area (Å²) >= 11 is 6.18. The highest BCUT2D eigenvalue weighted by molar-refractivity contribution is 6.32. The smallest absolute Gasteiger partial charge is 0.322 e. The monoisotopic (exact) mass is 447 g/mol. The van der Waals surface area contributed by atoms with Gasteiger partial charge in [-0.05, 0) is 43.2 Å². The molecule has 0 aliphatic carbocycles. The van der Waals surface area contributed by atoms with Gasteiger partial charge in [0.05, 0.1) is 23.2 Å². The van der Waals surface area contributed by atoms with Crippen molar-refractivity contribution in [1.82, 2.24) is 10.2 Å². The lowest BCUT2D eigenvalue weighted by molar-refractivity contribution is -0.113. The number of nitrogens with zero attached hydrogens (tertiary/aromatic N) is 1. The molecule has 0 saturated heterocycles. The topological polar surface area (TPSA) is 90.9 Å². The van der Waals surface area contributed by atoms with E-state index in [1.807, 2.05) is 0 Å². The molecule has 0 aromatic heterocycles. The molecule has 0 fully saturated rings. The van der Waals surface area contributed by atoms with Crippen LogP contribution in [0.2, 0.25) is 5.02 Å². The Morgan fingerprint density at radius 3 is 2.68 bits per heavy atom. The maximum atomic E-state index is 13.4. The number of ether oxygens (including phenoxy) is 1. The van der Waals surface area contributed by atoms with E-state index in [1.54, 1.807) is 26.0 Å². The van der Waals surface area contributed by atoms with Crippen LogP contribution in [0.25, 0.3) is 0 Å². The number of carbonyl (C=O) groups excluding carboxylic acids is 2. The minimum atomic E-state index is -0.742. The van der Waals surface area contributed by atoms with Gasteiger partial charge in [-0.2, -0.15) is 0 Å². The second-order valence-corrected chi connectivity index (χ2v) is 7.34. The van der Waals surface area contributed by atoms with Crippen LogP contribution in [0.1, 0.15) is 24.1 Å². The van der Waals surface area contributed by atoms with E-state index >= 15 is 0 Å². The van der Waals surface area contributed by atoms with Crippen LogP contribution in [-0.4, -0.2) is 41.7 Å². The molecule has 3 N–H and O–H groups in total. The van der Waals surface area contributed by atoms with Gasteiger partial charge in [0.1, 0.15) is 18.2 Å².